The van der Waals surface area contributed by atoms with E-state index in [1.807, 2.05) is 0 Å². The molecule has 0 aromatic heterocycles. The van der Waals surface area contributed by atoms with Gasteiger partial charge < -0.3 is 9.64 Å². The van der Waals surface area contributed by atoms with Crippen molar-refractivity contribution in [1.29, 1.82) is 0 Å². The van der Waals surface area contributed by atoms with Crippen LogP contribution in [0, 0.1) is 5.82 Å². The van der Waals surface area contributed by atoms with Gasteiger partial charge in [-0.1, -0.05) is 12.1 Å². The van der Waals surface area contributed by atoms with Gasteiger partial charge in [-0.15, -0.1) is 0 Å². The lowest BCUT2D eigenvalue weighted by Gasteiger charge is -2.29. The summed E-state index contributed by atoms with van der Waals surface area (Å²) in [6.07, 6.45) is -3.06. The number of carbonyl (C=O) groups excluding carboxylic acids is 1. The molecule has 2 rings (SSSR count). The molecule has 3 nitrogen and oxygen atoms in total. The van der Waals surface area contributed by atoms with Crippen LogP contribution in [0.25, 0.3) is 5.57 Å². The van der Waals surface area contributed by atoms with Crippen molar-refractivity contribution < 1.29 is 27.1 Å². The second kappa shape index (κ2) is 6.45. The molecular weight excluding hydrogens is 326 g/mol. The van der Waals surface area contributed by atoms with Gasteiger partial charge in [-0.2, -0.15) is 13.2 Å². The van der Waals surface area contributed by atoms with Crippen LogP contribution < -0.4 is 0 Å². The molecule has 0 fully saturated rings. The summed E-state index contributed by atoms with van der Waals surface area (Å²) in [5.41, 5.74) is -0.913. The van der Waals surface area contributed by atoms with Crippen molar-refractivity contribution >= 4 is 11.7 Å². The molecule has 0 radical (unpaired) electrons. The van der Waals surface area contributed by atoms with Gasteiger partial charge in [0.15, 0.2) is 0 Å². The number of carbonyl (C=O) groups is 1. The average molecular weight is 345 g/mol. The molecule has 1 heterocycles. The molecule has 7 heteroatoms. The Morgan fingerprint density at radius 2 is 1.88 bits per heavy atom. The van der Waals surface area contributed by atoms with Crippen molar-refractivity contribution in [2.24, 2.45) is 0 Å². The third-order valence-electron chi connectivity index (χ3n) is 3.50. The van der Waals surface area contributed by atoms with Crippen LogP contribution in [0.5, 0.6) is 0 Å². The van der Waals surface area contributed by atoms with Gasteiger partial charge in [0, 0.05) is 18.7 Å². The van der Waals surface area contributed by atoms with Gasteiger partial charge in [-0.25, -0.2) is 9.18 Å². The Balaban J connectivity index is 2.12. The summed E-state index contributed by atoms with van der Waals surface area (Å²) >= 11 is 0. The zero-order valence-corrected chi connectivity index (χ0v) is 13.7. The van der Waals surface area contributed by atoms with E-state index in [9.17, 15) is 22.4 Å². The lowest BCUT2D eigenvalue weighted by molar-refractivity contribution is -0.137. The Labute approximate surface area is 137 Å². The lowest BCUT2D eigenvalue weighted by Crippen LogP contribution is -2.39. The molecule has 1 aliphatic heterocycles. The molecule has 0 N–H and O–H groups in total. The number of hydrogen-bond donors (Lipinski definition) is 0. The van der Waals surface area contributed by atoms with Crippen LogP contribution in [0.4, 0.5) is 22.4 Å². The van der Waals surface area contributed by atoms with Crippen LogP contribution in [-0.2, 0) is 10.9 Å². The van der Waals surface area contributed by atoms with E-state index < -0.39 is 29.3 Å². The van der Waals surface area contributed by atoms with Crippen molar-refractivity contribution in [3.05, 3.63) is 41.2 Å². The Bertz CT molecular complexity index is 660. The molecule has 24 heavy (non-hydrogen) atoms. The van der Waals surface area contributed by atoms with E-state index in [1.165, 1.54) is 4.90 Å². The third-order valence-corrected chi connectivity index (χ3v) is 3.50. The molecular formula is C17H19F4NO2. The van der Waals surface area contributed by atoms with Gasteiger partial charge in [-0.3, -0.25) is 0 Å². The summed E-state index contributed by atoms with van der Waals surface area (Å²) in [6.45, 7) is 5.82. The maximum absolute atomic E-state index is 14.0. The van der Waals surface area contributed by atoms with Gasteiger partial charge in [0.2, 0.25) is 0 Å². The summed E-state index contributed by atoms with van der Waals surface area (Å²) in [5, 5.41) is 0. The molecule has 0 bridgehead atoms. The molecule has 0 saturated heterocycles. The third kappa shape index (κ3) is 4.49. The van der Waals surface area contributed by atoms with Gasteiger partial charge in [0.05, 0.1) is 5.56 Å². The van der Waals surface area contributed by atoms with Gasteiger partial charge in [-0.05, 0) is 44.9 Å². The Kier molecular flexibility index (Phi) is 4.92. The molecule has 0 aliphatic carbocycles. The molecule has 0 unspecified atom stereocenters. The fourth-order valence-electron chi connectivity index (χ4n) is 2.36. The van der Waals surface area contributed by atoms with E-state index in [0.717, 1.165) is 12.1 Å². The first-order valence-electron chi connectivity index (χ1n) is 7.51. The predicted molar refractivity (Wildman–Crippen MR) is 81.8 cm³/mol. The number of hydrogen-bond acceptors (Lipinski definition) is 2. The fraction of sp³-hybridized carbons (Fsp3) is 0.471. The predicted octanol–water partition coefficient (Wildman–Crippen LogP) is 4.87. The number of ether oxygens (including phenoxy) is 1. The summed E-state index contributed by atoms with van der Waals surface area (Å²) in [7, 11) is 0. The summed E-state index contributed by atoms with van der Waals surface area (Å²) in [6, 6.07) is 2.49. The van der Waals surface area contributed by atoms with Crippen LogP contribution in [-0.4, -0.2) is 29.7 Å². The number of nitrogens with zero attached hydrogens (tertiary/aromatic N) is 1. The van der Waals surface area contributed by atoms with Crippen LogP contribution >= 0.6 is 0 Å². The monoisotopic (exact) mass is 345 g/mol. The van der Waals surface area contributed by atoms with E-state index in [0.29, 0.717) is 24.6 Å². The van der Waals surface area contributed by atoms with Crippen LogP contribution in [0.2, 0.25) is 0 Å². The first-order chi connectivity index (χ1) is 11.0. The van der Waals surface area contributed by atoms with Gasteiger partial charge in [0.1, 0.15) is 11.4 Å². The second-order valence-electron chi connectivity index (χ2n) is 6.60. The first-order valence-corrected chi connectivity index (χ1v) is 7.51. The van der Waals surface area contributed by atoms with E-state index in [2.05, 4.69) is 0 Å². The first kappa shape index (κ1) is 18.3. The molecule has 0 spiro atoms. The molecule has 0 saturated carbocycles. The largest absolute Gasteiger partial charge is 0.444 e. The Morgan fingerprint density at radius 1 is 1.21 bits per heavy atom. The molecule has 1 aliphatic rings. The van der Waals surface area contributed by atoms with Gasteiger partial charge >= 0.3 is 12.3 Å². The molecule has 1 aromatic rings. The minimum absolute atomic E-state index is 0.131. The highest BCUT2D eigenvalue weighted by Gasteiger charge is 2.31. The maximum Gasteiger partial charge on any atom is 0.416 e. The van der Waals surface area contributed by atoms with E-state index >= 15 is 0 Å². The molecule has 1 amide bonds. The quantitative estimate of drug-likeness (QED) is 0.680. The van der Waals surface area contributed by atoms with Crippen LogP contribution in [0.1, 0.15) is 38.3 Å². The van der Waals surface area contributed by atoms with Crippen molar-refractivity contribution in [3.63, 3.8) is 0 Å². The highest BCUT2D eigenvalue weighted by Crippen LogP contribution is 2.33. The number of alkyl halides is 3. The highest BCUT2D eigenvalue weighted by molar-refractivity contribution is 5.73. The fourth-order valence-corrected chi connectivity index (χ4v) is 2.36. The van der Waals surface area contributed by atoms with Crippen LogP contribution in [0.15, 0.2) is 24.3 Å². The van der Waals surface area contributed by atoms with Crippen molar-refractivity contribution in [2.75, 3.05) is 13.1 Å². The van der Waals surface area contributed by atoms with Crippen LogP contribution in [0.3, 0.4) is 0 Å². The number of amides is 1. The lowest BCUT2D eigenvalue weighted by atomic mass is 9.98. The van der Waals surface area contributed by atoms with Crippen molar-refractivity contribution in [2.45, 2.75) is 39.0 Å². The van der Waals surface area contributed by atoms with E-state index in [-0.39, 0.29) is 12.1 Å². The number of benzene rings is 1. The minimum atomic E-state index is -4.58. The standard InChI is InChI=1S/C17H19F4NO2/c1-16(2,3)24-15(23)22-8-6-11(7-9-22)13-5-4-12(10-14(13)18)17(19,20)21/h4-6,10H,7-9H2,1-3H3. The summed E-state index contributed by atoms with van der Waals surface area (Å²) in [5.74, 6) is -0.915. The highest BCUT2D eigenvalue weighted by atomic mass is 19.4. The number of rotatable bonds is 1. The Morgan fingerprint density at radius 3 is 2.33 bits per heavy atom. The van der Waals surface area contributed by atoms with E-state index in [1.54, 1.807) is 26.8 Å². The second-order valence-corrected chi connectivity index (χ2v) is 6.60. The van der Waals surface area contributed by atoms with Gasteiger partial charge in [0.25, 0.3) is 0 Å². The van der Waals surface area contributed by atoms with Crippen molar-refractivity contribution in [3.8, 4) is 0 Å². The van der Waals surface area contributed by atoms with Crippen molar-refractivity contribution in [1.82, 2.24) is 4.90 Å². The molecule has 132 valence electrons. The average Bonchev–Trinajstić information content (AvgIpc) is 2.44. The summed E-state index contributed by atoms with van der Waals surface area (Å²) < 4.78 is 57.0. The minimum Gasteiger partial charge on any atom is -0.444 e. The molecule has 1 aromatic carbocycles. The summed E-state index contributed by atoms with van der Waals surface area (Å²) in [4.78, 5) is 13.4. The normalized spacial score (nSPS) is 16.0. The number of halogens is 4. The zero-order valence-electron chi connectivity index (χ0n) is 13.7. The molecule has 0 atom stereocenters. The topological polar surface area (TPSA) is 29.5 Å². The Hall–Kier alpha value is -2.05. The maximum atomic E-state index is 14.0. The SMILES string of the molecule is CC(C)(C)OC(=O)N1CC=C(c2ccc(C(F)(F)F)cc2F)CC1. The smallest absolute Gasteiger partial charge is 0.416 e. The zero-order chi connectivity index (χ0) is 18.1. The van der Waals surface area contributed by atoms with E-state index in [4.69, 9.17) is 4.74 Å².